The van der Waals surface area contributed by atoms with Crippen LogP contribution >= 0.6 is 0 Å². The van der Waals surface area contributed by atoms with E-state index in [2.05, 4.69) is 18.2 Å². The van der Waals surface area contributed by atoms with Gasteiger partial charge in [-0.3, -0.25) is 0 Å². The van der Waals surface area contributed by atoms with E-state index < -0.39 is 0 Å². The van der Waals surface area contributed by atoms with Gasteiger partial charge in [-0.25, -0.2) is 0 Å². The minimum Gasteiger partial charge on any atom is -0.504 e. The maximum absolute atomic E-state index is 10.1. The molecule has 0 aliphatic heterocycles. The lowest BCUT2D eigenvalue weighted by molar-refractivity contribution is 0.0503. The van der Waals surface area contributed by atoms with Crippen LogP contribution in [0.4, 0.5) is 0 Å². The highest BCUT2D eigenvalue weighted by Crippen LogP contribution is 2.37. The molecular formula is C19H18O3. The van der Waals surface area contributed by atoms with Crippen molar-refractivity contribution in [3.8, 4) is 11.5 Å². The van der Waals surface area contributed by atoms with Crippen LogP contribution in [-0.2, 0) is 11.2 Å². The van der Waals surface area contributed by atoms with E-state index in [-0.39, 0.29) is 12.5 Å². The number of phenolic OH excluding ortho intramolecular Hbond substituents is 1. The summed E-state index contributed by atoms with van der Waals surface area (Å²) in [5.41, 5.74) is 2.33. The third kappa shape index (κ3) is 2.90. The van der Waals surface area contributed by atoms with Gasteiger partial charge in [0.15, 0.2) is 18.3 Å². The van der Waals surface area contributed by atoms with Gasteiger partial charge < -0.3 is 14.6 Å². The number of benzene rings is 3. The Morgan fingerprint density at radius 2 is 1.73 bits per heavy atom. The molecule has 0 saturated heterocycles. The van der Waals surface area contributed by atoms with E-state index in [1.165, 1.54) is 5.56 Å². The zero-order valence-electron chi connectivity index (χ0n) is 12.5. The normalized spacial score (nSPS) is 10.8. The molecule has 0 amide bonds. The molecule has 0 aromatic heterocycles. The van der Waals surface area contributed by atoms with Crippen molar-refractivity contribution in [1.29, 1.82) is 0 Å². The number of phenols is 1. The predicted molar refractivity (Wildman–Crippen MR) is 87.4 cm³/mol. The van der Waals surface area contributed by atoms with Crippen LogP contribution in [-0.4, -0.2) is 19.0 Å². The Kier molecular flexibility index (Phi) is 4.26. The van der Waals surface area contributed by atoms with E-state index in [1.807, 2.05) is 36.4 Å². The van der Waals surface area contributed by atoms with E-state index in [1.54, 1.807) is 13.2 Å². The van der Waals surface area contributed by atoms with Crippen molar-refractivity contribution >= 4 is 10.8 Å². The van der Waals surface area contributed by atoms with Gasteiger partial charge in [-0.2, -0.15) is 0 Å². The molecule has 3 nitrogen and oxygen atoms in total. The molecule has 3 rings (SSSR count). The Labute approximate surface area is 129 Å². The number of rotatable bonds is 5. The van der Waals surface area contributed by atoms with E-state index >= 15 is 0 Å². The first-order valence-corrected chi connectivity index (χ1v) is 7.19. The Morgan fingerprint density at radius 1 is 0.909 bits per heavy atom. The third-order valence-corrected chi connectivity index (χ3v) is 3.62. The van der Waals surface area contributed by atoms with Crippen LogP contribution in [0.15, 0.2) is 60.7 Å². The minimum absolute atomic E-state index is 0.104. The van der Waals surface area contributed by atoms with Gasteiger partial charge in [-0.1, -0.05) is 54.6 Å². The highest BCUT2D eigenvalue weighted by atomic mass is 16.7. The summed E-state index contributed by atoms with van der Waals surface area (Å²) in [6, 6.07) is 19.9. The van der Waals surface area contributed by atoms with Gasteiger partial charge in [0.2, 0.25) is 0 Å². The maximum Gasteiger partial charge on any atom is 0.188 e. The Morgan fingerprint density at radius 3 is 2.50 bits per heavy atom. The largest absolute Gasteiger partial charge is 0.504 e. The zero-order chi connectivity index (χ0) is 15.4. The van der Waals surface area contributed by atoms with Crippen LogP contribution in [0.5, 0.6) is 11.5 Å². The molecule has 1 N–H and O–H groups in total. The quantitative estimate of drug-likeness (QED) is 0.719. The van der Waals surface area contributed by atoms with Crippen molar-refractivity contribution < 1.29 is 14.6 Å². The highest BCUT2D eigenvalue weighted by molar-refractivity contribution is 5.93. The number of ether oxygens (including phenoxy) is 2. The Bertz CT molecular complexity index is 766. The summed E-state index contributed by atoms with van der Waals surface area (Å²) in [5, 5.41) is 12.1. The van der Waals surface area contributed by atoms with Gasteiger partial charge in [-0.15, -0.1) is 0 Å². The molecule has 3 aromatic rings. The molecule has 3 heteroatoms. The first-order valence-electron chi connectivity index (χ1n) is 7.19. The van der Waals surface area contributed by atoms with Crippen LogP contribution in [0.1, 0.15) is 11.1 Å². The van der Waals surface area contributed by atoms with E-state index in [0.717, 1.165) is 22.8 Å². The lowest BCUT2D eigenvalue weighted by atomic mass is 9.97. The van der Waals surface area contributed by atoms with Crippen molar-refractivity contribution in [2.75, 3.05) is 13.9 Å². The molecule has 0 saturated carbocycles. The maximum atomic E-state index is 10.1. The monoisotopic (exact) mass is 294 g/mol. The standard InChI is InChI=1S/C19H18O3/c1-21-13-22-19-17(20)11-10-15-8-5-9-16(18(15)19)12-14-6-3-2-4-7-14/h2-11,20H,12-13H2,1H3. The topological polar surface area (TPSA) is 38.7 Å². The molecule has 0 aliphatic rings. The van der Waals surface area contributed by atoms with Gasteiger partial charge in [-0.05, 0) is 29.0 Å². The fourth-order valence-electron chi connectivity index (χ4n) is 2.64. The fourth-order valence-corrected chi connectivity index (χ4v) is 2.64. The summed E-state index contributed by atoms with van der Waals surface area (Å²) in [5.74, 6) is 0.607. The average Bonchev–Trinajstić information content (AvgIpc) is 2.55. The summed E-state index contributed by atoms with van der Waals surface area (Å²) in [7, 11) is 1.56. The average molecular weight is 294 g/mol. The smallest absolute Gasteiger partial charge is 0.188 e. The lowest BCUT2D eigenvalue weighted by Gasteiger charge is -2.14. The summed E-state index contributed by atoms with van der Waals surface area (Å²) >= 11 is 0. The summed E-state index contributed by atoms with van der Waals surface area (Å²) in [6.07, 6.45) is 0.783. The van der Waals surface area contributed by atoms with E-state index in [4.69, 9.17) is 9.47 Å². The fraction of sp³-hybridized carbons (Fsp3) is 0.158. The van der Waals surface area contributed by atoms with Gasteiger partial charge in [0.05, 0.1) is 0 Å². The van der Waals surface area contributed by atoms with Gasteiger partial charge >= 0.3 is 0 Å². The zero-order valence-corrected chi connectivity index (χ0v) is 12.5. The van der Waals surface area contributed by atoms with Gasteiger partial charge in [0.25, 0.3) is 0 Å². The molecule has 112 valence electrons. The molecular weight excluding hydrogens is 276 g/mol. The number of hydrogen-bond donors (Lipinski definition) is 1. The molecule has 0 heterocycles. The van der Waals surface area contributed by atoms with Gasteiger partial charge in [0, 0.05) is 12.5 Å². The summed E-state index contributed by atoms with van der Waals surface area (Å²) < 4.78 is 10.6. The number of methoxy groups -OCH3 is 1. The summed E-state index contributed by atoms with van der Waals surface area (Å²) in [4.78, 5) is 0. The van der Waals surface area contributed by atoms with Crippen molar-refractivity contribution in [1.82, 2.24) is 0 Å². The van der Waals surface area contributed by atoms with Crippen LogP contribution in [0.3, 0.4) is 0 Å². The molecule has 0 fully saturated rings. The number of aromatic hydroxyl groups is 1. The van der Waals surface area contributed by atoms with Gasteiger partial charge in [0.1, 0.15) is 0 Å². The predicted octanol–water partition coefficient (Wildman–Crippen LogP) is 4.12. The molecule has 0 radical (unpaired) electrons. The SMILES string of the molecule is COCOc1c(O)ccc2cccc(Cc3ccccc3)c12. The number of hydrogen-bond acceptors (Lipinski definition) is 3. The van der Waals surface area contributed by atoms with Crippen molar-refractivity contribution in [2.24, 2.45) is 0 Å². The molecule has 0 bridgehead atoms. The molecule has 0 atom stereocenters. The Balaban J connectivity index is 2.11. The second-order valence-electron chi connectivity index (χ2n) is 5.14. The van der Waals surface area contributed by atoms with Crippen molar-refractivity contribution in [3.63, 3.8) is 0 Å². The molecule has 3 aromatic carbocycles. The van der Waals surface area contributed by atoms with E-state index in [0.29, 0.717) is 5.75 Å². The highest BCUT2D eigenvalue weighted by Gasteiger charge is 2.12. The first-order chi connectivity index (χ1) is 10.8. The van der Waals surface area contributed by atoms with Crippen molar-refractivity contribution in [3.05, 3.63) is 71.8 Å². The molecule has 0 aliphatic carbocycles. The minimum atomic E-state index is 0.104. The van der Waals surface area contributed by atoms with Crippen LogP contribution in [0, 0.1) is 0 Å². The first kappa shape index (κ1) is 14.4. The second-order valence-corrected chi connectivity index (χ2v) is 5.14. The molecule has 0 spiro atoms. The van der Waals surface area contributed by atoms with Crippen LogP contribution < -0.4 is 4.74 Å². The molecule has 22 heavy (non-hydrogen) atoms. The second kappa shape index (κ2) is 6.50. The lowest BCUT2D eigenvalue weighted by Crippen LogP contribution is -2.01. The Hall–Kier alpha value is -2.52. The van der Waals surface area contributed by atoms with Crippen molar-refractivity contribution in [2.45, 2.75) is 6.42 Å². The molecule has 0 unspecified atom stereocenters. The number of fused-ring (bicyclic) bond motifs is 1. The van der Waals surface area contributed by atoms with Crippen LogP contribution in [0.25, 0.3) is 10.8 Å². The third-order valence-electron chi connectivity index (χ3n) is 3.62. The summed E-state index contributed by atoms with van der Waals surface area (Å²) in [6.45, 7) is 0.104. The van der Waals surface area contributed by atoms with E-state index in [9.17, 15) is 5.11 Å². The van der Waals surface area contributed by atoms with Crippen LogP contribution in [0.2, 0.25) is 0 Å².